The van der Waals surface area contributed by atoms with Crippen LogP contribution in [-0.2, 0) is 0 Å². The molecule has 3 aromatic rings. The van der Waals surface area contributed by atoms with Crippen LogP contribution in [0.15, 0.2) is 57.8 Å². The first-order valence-corrected chi connectivity index (χ1v) is 6.61. The van der Waals surface area contributed by atoms with Crippen molar-refractivity contribution >= 4 is 11.6 Å². The van der Waals surface area contributed by atoms with E-state index in [0.717, 1.165) is 11.4 Å². The van der Waals surface area contributed by atoms with Gasteiger partial charge in [-0.2, -0.15) is 0 Å². The molecule has 0 aliphatic carbocycles. The number of aromatic amines is 1. The number of nitrogens with one attached hydrogen (secondary N) is 1. The van der Waals surface area contributed by atoms with Crippen LogP contribution in [0.4, 0.5) is 0 Å². The monoisotopic (exact) mass is 303 g/mol. The molecular weight excluding hydrogens is 292 g/mol. The van der Waals surface area contributed by atoms with Crippen molar-refractivity contribution in [2.24, 2.45) is 0 Å². The van der Waals surface area contributed by atoms with Crippen molar-refractivity contribution in [2.45, 2.75) is 0 Å². The van der Waals surface area contributed by atoms with Gasteiger partial charge in [-0.05, 0) is 34.2 Å². The fraction of sp³-hybridized carbons (Fsp3) is 0.0667. The van der Waals surface area contributed by atoms with Gasteiger partial charge in [-0.3, -0.25) is 4.52 Å². The molecule has 1 heterocycles. The Bertz CT molecular complexity index is 821. The van der Waals surface area contributed by atoms with Crippen molar-refractivity contribution in [1.82, 2.24) is 5.27 Å². The third-order valence-corrected chi connectivity index (χ3v) is 3.44. The lowest BCUT2D eigenvalue weighted by molar-refractivity contribution is -0.660. The average Bonchev–Trinajstić information content (AvgIpc) is 2.89. The number of hydrogen-bond acceptors (Lipinski definition) is 3. The van der Waals surface area contributed by atoms with Gasteiger partial charge in [0.05, 0.1) is 17.7 Å². The van der Waals surface area contributed by atoms with Crippen LogP contribution in [0.5, 0.6) is 5.75 Å². The van der Waals surface area contributed by atoms with Gasteiger partial charge in [0.1, 0.15) is 5.75 Å². The molecule has 0 saturated carbocycles. The summed E-state index contributed by atoms with van der Waals surface area (Å²) in [6.07, 6.45) is 0. The molecule has 0 aliphatic rings. The van der Waals surface area contributed by atoms with Crippen molar-refractivity contribution in [3.8, 4) is 22.7 Å². The quantitative estimate of drug-likeness (QED) is 0.757. The van der Waals surface area contributed by atoms with E-state index in [4.69, 9.17) is 20.9 Å². The summed E-state index contributed by atoms with van der Waals surface area (Å²) < 4.78 is 11.6. The van der Waals surface area contributed by atoms with E-state index in [9.17, 15) is 4.79 Å². The lowest BCUT2D eigenvalue weighted by atomic mass is 10.1. The molecule has 0 radical (unpaired) electrons. The normalized spacial score (nSPS) is 10.6. The van der Waals surface area contributed by atoms with Crippen LogP contribution in [0.3, 0.4) is 0 Å². The highest BCUT2D eigenvalue weighted by Crippen LogP contribution is 2.23. The molecular formula is C15H12ClN2O3+. The second kappa shape index (κ2) is 5.46. The molecule has 5 nitrogen and oxygen atoms in total. The summed E-state index contributed by atoms with van der Waals surface area (Å²) in [6, 6.07) is 14.3. The van der Waals surface area contributed by atoms with Crippen LogP contribution in [0.25, 0.3) is 16.9 Å². The minimum absolute atomic E-state index is 0.339. The molecule has 0 saturated heterocycles. The summed E-state index contributed by atoms with van der Waals surface area (Å²) in [4.78, 5) is 12.0. The van der Waals surface area contributed by atoms with Crippen LogP contribution in [0.2, 0.25) is 5.02 Å². The molecule has 106 valence electrons. The molecule has 0 spiro atoms. The number of nitrogens with zero attached hydrogens (tertiary/aromatic N) is 1. The molecule has 0 fully saturated rings. The van der Waals surface area contributed by atoms with Crippen LogP contribution in [0.1, 0.15) is 0 Å². The van der Waals surface area contributed by atoms with Gasteiger partial charge in [0.2, 0.25) is 5.69 Å². The lowest BCUT2D eigenvalue weighted by Gasteiger charge is -1.99. The Kier molecular flexibility index (Phi) is 3.50. The third-order valence-electron chi connectivity index (χ3n) is 3.11. The molecule has 0 bridgehead atoms. The highest BCUT2D eigenvalue weighted by molar-refractivity contribution is 6.33. The van der Waals surface area contributed by atoms with Gasteiger partial charge < -0.3 is 4.74 Å². The minimum atomic E-state index is -0.487. The number of aromatic nitrogens is 2. The SMILES string of the molecule is COc1ccc(-[n+]2[nH]oc(=O)c2-c2ccccc2Cl)cc1. The summed E-state index contributed by atoms with van der Waals surface area (Å²) in [7, 11) is 1.59. The first-order chi connectivity index (χ1) is 10.2. The largest absolute Gasteiger partial charge is 0.497 e. The highest BCUT2D eigenvalue weighted by atomic mass is 35.5. The number of benzene rings is 2. The van der Waals surface area contributed by atoms with E-state index in [1.807, 2.05) is 18.2 Å². The summed E-state index contributed by atoms with van der Waals surface area (Å²) >= 11 is 6.17. The summed E-state index contributed by atoms with van der Waals surface area (Å²) in [5.74, 6) is 0.726. The number of H-pyrrole nitrogens is 1. The Morgan fingerprint density at radius 2 is 1.86 bits per heavy atom. The summed E-state index contributed by atoms with van der Waals surface area (Å²) in [5, 5.41) is 3.06. The van der Waals surface area contributed by atoms with Crippen molar-refractivity contribution < 1.29 is 13.9 Å². The maximum absolute atomic E-state index is 12.0. The fourth-order valence-electron chi connectivity index (χ4n) is 2.07. The van der Waals surface area contributed by atoms with Gasteiger partial charge in [0.25, 0.3) is 0 Å². The Morgan fingerprint density at radius 3 is 2.52 bits per heavy atom. The number of hydrogen-bond donors (Lipinski definition) is 1. The van der Waals surface area contributed by atoms with Crippen molar-refractivity contribution in [3.05, 3.63) is 64.0 Å². The Labute approximate surface area is 125 Å². The zero-order chi connectivity index (χ0) is 14.8. The Morgan fingerprint density at radius 1 is 1.14 bits per heavy atom. The predicted molar refractivity (Wildman–Crippen MR) is 77.9 cm³/mol. The maximum atomic E-state index is 12.0. The van der Waals surface area contributed by atoms with Crippen LogP contribution in [0, 0.1) is 0 Å². The van der Waals surface area contributed by atoms with Gasteiger partial charge in [-0.25, -0.2) is 4.79 Å². The van der Waals surface area contributed by atoms with E-state index in [1.54, 1.807) is 42.1 Å². The highest BCUT2D eigenvalue weighted by Gasteiger charge is 2.26. The molecule has 1 N–H and O–H groups in total. The van der Waals surface area contributed by atoms with Gasteiger partial charge in [-0.1, -0.05) is 23.7 Å². The molecule has 0 amide bonds. The summed E-state index contributed by atoms with van der Waals surface area (Å²) in [6.45, 7) is 0. The standard InChI is InChI=1S/C15H11ClN2O3/c1-20-11-8-6-10(7-9-11)18-14(15(19)21-17-18)12-4-2-3-5-13(12)16/h2-9H,1H3/p+1. The van der Waals surface area contributed by atoms with Crippen LogP contribution >= 0.6 is 11.6 Å². The maximum Gasteiger partial charge on any atom is 0.435 e. The molecule has 1 aromatic heterocycles. The Hall–Kier alpha value is -2.53. The van der Waals surface area contributed by atoms with Gasteiger partial charge in [-0.15, -0.1) is 0 Å². The average molecular weight is 304 g/mol. The molecule has 0 unspecified atom stereocenters. The van der Waals surface area contributed by atoms with Gasteiger partial charge in [0.15, 0.2) is 0 Å². The molecule has 3 rings (SSSR count). The lowest BCUT2D eigenvalue weighted by Crippen LogP contribution is -2.36. The molecule has 6 heteroatoms. The molecule has 21 heavy (non-hydrogen) atoms. The van der Waals surface area contributed by atoms with E-state index < -0.39 is 5.63 Å². The zero-order valence-electron chi connectivity index (χ0n) is 11.2. The zero-order valence-corrected chi connectivity index (χ0v) is 11.9. The predicted octanol–water partition coefficient (Wildman–Crippen LogP) is 2.57. The first kappa shape index (κ1) is 13.5. The number of methoxy groups -OCH3 is 1. The van der Waals surface area contributed by atoms with Crippen molar-refractivity contribution in [1.29, 1.82) is 0 Å². The number of ether oxygens (including phenoxy) is 1. The van der Waals surface area contributed by atoms with E-state index in [2.05, 4.69) is 5.27 Å². The van der Waals surface area contributed by atoms with E-state index in [1.165, 1.54) is 0 Å². The fourth-order valence-corrected chi connectivity index (χ4v) is 2.29. The van der Waals surface area contributed by atoms with E-state index >= 15 is 0 Å². The van der Waals surface area contributed by atoms with Crippen molar-refractivity contribution in [2.75, 3.05) is 7.11 Å². The minimum Gasteiger partial charge on any atom is -0.497 e. The Balaban J connectivity index is 2.17. The summed E-state index contributed by atoms with van der Waals surface area (Å²) in [5.41, 5.74) is 1.19. The van der Waals surface area contributed by atoms with Gasteiger partial charge in [0, 0.05) is 12.1 Å². The molecule has 0 aliphatic heterocycles. The first-order valence-electron chi connectivity index (χ1n) is 6.23. The van der Waals surface area contributed by atoms with Gasteiger partial charge >= 0.3 is 11.3 Å². The van der Waals surface area contributed by atoms with E-state index in [-0.39, 0.29) is 0 Å². The second-order valence-electron chi connectivity index (χ2n) is 4.34. The molecule has 0 atom stereocenters. The van der Waals surface area contributed by atoms with E-state index in [0.29, 0.717) is 16.3 Å². The topological polar surface area (TPSA) is 59.1 Å². The number of halogens is 1. The second-order valence-corrected chi connectivity index (χ2v) is 4.75. The molecule has 2 aromatic carbocycles. The number of rotatable bonds is 3. The van der Waals surface area contributed by atoms with Crippen LogP contribution < -0.4 is 15.0 Å². The van der Waals surface area contributed by atoms with Crippen molar-refractivity contribution in [3.63, 3.8) is 0 Å². The smallest absolute Gasteiger partial charge is 0.435 e. The third kappa shape index (κ3) is 2.43. The van der Waals surface area contributed by atoms with Crippen LogP contribution in [-0.4, -0.2) is 12.4 Å².